The van der Waals surface area contributed by atoms with Crippen molar-refractivity contribution in [3.63, 3.8) is 0 Å². The van der Waals surface area contributed by atoms with Gasteiger partial charge in [-0.05, 0) is 43.0 Å². The predicted molar refractivity (Wildman–Crippen MR) is 100 cm³/mol. The van der Waals surface area contributed by atoms with Crippen LogP contribution in [-0.4, -0.2) is 27.9 Å². The number of carbonyl (C=O) groups excluding carboxylic acids is 1. The molecule has 1 saturated carbocycles. The number of amides is 1. The molecule has 8 heteroatoms. The fourth-order valence-corrected chi connectivity index (χ4v) is 3.65. The van der Waals surface area contributed by atoms with Crippen LogP contribution >= 0.6 is 23.4 Å². The van der Waals surface area contributed by atoms with Crippen molar-refractivity contribution in [3.05, 3.63) is 35.2 Å². The van der Waals surface area contributed by atoms with Gasteiger partial charge in [0.1, 0.15) is 5.75 Å². The lowest BCUT2D eigenvalue weighted by Crippen LogP contribution is -2.41. The van der Waals surface area contributed by atoms with Gasteiger partial charge in [-0.25, -0.2) is 0 Å². The molecule has 0 spiro atoms. The van der Waals surface area contributed by atoms with Crippen molar-refractivity contribution >= 4 is 29.3 Å². The van der Waals surface area contributed by atoms with Crippen molar-refractivity contribution in [2.45, 2.75) is 50.5 Å². The number of thioether (sulfide) groups is 1. The quantitative estimate of drug-likeness (QED) is 0.711. The van der Waals surface area contributed by atoms with E-state index >= 15 is 0 Å². The van der Waals surface area contributed by atoms with Gasteiger partial charge < -0.3 is 14.5 Å². The van der Waals surface area contributed by atoms with Crippen LogP contribution in [0.5, 0.6) is 5.75 Å². The Kier molecular flexibility index (Phi) is 6.80. The molecule has 3 rings (SSSR count). The summed E-state index contributed by atoms with van der Waals surface area (Å²) in [6.07, 6.45) is 4.68. The van der Waals surface area contributed by atoms with Gasteiger partial charge in [-0.2, -0.15) is 0 Å². The Hall–Kier alpha value is -1.73. The van der Waals surface area contributed by atoms with Crippen LogP contribution in [0.4, 0.5) is 0 Å². The summed E-state index contributed by atoms with van der Waals surface area (Å²) in [5.74, 6) is 1.85. The molecular formula is C18H22ClN3O3S. The molecule has 6 nitrogen and oxygen atoms in total. The number of ether oxygens (including phenoxy) is 1. The zero-order chi connectivity index (χ0) is 18.4. The summed E-state index contributed by atoms with van der Waals surface area (Å²) in [6.45, 7) is 2.36. The molecule has 140 valence electrons. The van der Waals surface area contributed by atoms with Gasteiger partial charge in [0.15, 0.2) is 6.61 Å². The first-order valence-electron chi connectivity index (χ1n) is 8.73. The number of halogens is 1. The predicted octanol–water partition coefficient (Wildman–Crippen LogP) is 4.09. The standard InChI is InChI=1S/C18H22ClN3O3S/c1-12-4-2-3-5-15(12)20-16(23)11-26-18-22-21-17(25-18)10-24-14-8-6-13(19)7-9-14/h6-9,12,15H,2-5,10-11H2,1H3,(H,20,23)/t12-,15-/m1/s1. The molecular weight excluding hydrogens is 374 g/mol. The number of aromatic nitrogens is 2. The van der Waals surface area contributed by atoms with Crippen molar-refractivity contribution in [2.75, 3.05) is 5.75 Å². The Morgan fingerprint density at radius 1 is 1.31 bits per heavy atom. The highest BCUT2D eigenvalue weighted by atomic mass is 35.5. The molecule has 1 amide bonds. The minimum Gasteiger partial charge on any atom is -0.484 e. The lowest BCUT2D eigenvalue weighted by molar-refractivity contribution is -0.119. The molecule has 0 radical (unpaired) electrons. The van der Waals surface area contributed by atoms with Crippen molar-refractivity contribution in [1.29, 1.82) is 0 Å². The van der Waals surface area contributed by atoms with Gasteiger partial charge in [-0.1, -0.05) is 43.1 Å². The van der Waals surface area contributed by atoms with Gasteiger partial charge in [0, 0.05) is 11.1 Å². The van der Waals surface area contributed by atoms with Crippen LogP contribution < -0.4 is 10.1 Å². The lowest BCUT2D eigenvalue weighted by Gasteiger charge is -2.29. The first-order chi connectivity index (χ1) is 12.6. The topological polar surface area (TPSA) is 77.2 Å². The second-order valence-electron chi connectivity index (χ2n) is 6.43. The third-order valence-electron chi connectivity index (χ3n) is 4.41. The van der Waals surface area contributed by atoms with Crippen molar-refractivity contribution in [3.8, 4) is 5.75 Å². The third kappa shape index (κ3) is 5.64. The Morgan fingerprint density at radius 2 is 2.08 bits per heavy atom. The molecule has 0 aliphatic heterocycles. The Morgan fingerprint density at radius 3 is 2.85 bits per heavy atom. The normalized spacial score (nSPS) is 19.9. The van der Waals surface area contributed by atoms with E-state index in [0.717, 1.165) is 6.42 Å². The zero-order valence-corrected chi connectivity index (χ0v) is 16.2. The molecule has 2 aromatic rings. The van der Waals surface area contributed by atoms with Crippen LogP contribution in [0, 0.1) is 5.92 Å². The summed E-state index contributed by atoms with van der Waals surface area (Å²) in [6, 6.07) is 7.31. The van der Waals surface area contributed by atoms with E-state index in [-0.39, 0.29) is 24.3 Å². The third-order valence-corrected chi connectivity index (χ3v) is 5.48. The van der Waals surface area contributed by atoms with Crippen molar-refractivity contribution in [1.82, 2.24) is 15.5 Å². The number of nitrogens with one attached hydrogen (secondary N) is 1. The molecule has 26 heavy (non-hydrogen) atoms. The van der Waals surface area contributed by atoms with Crippen LogP contribution in [0.25, 0.3) is 0 Å². The SMILES string of the molecule is C[C@@H]1CCCC[C@H]1NC(=O)CSc1nnc(COc2ccc(Cl)cc2)o1. The van der Waals surface area contributed by atoms with Crippen LogP contribution in [0.1, 0.15) is 38.5 Å². The molecule has 0 unspecified atom stereocenters. The monoisotopic (exact) mass is 395 g/mol. The number of benzene rings is 1. The molecule has 1 heterocycles. The molecule has 1 aliphatic rings. The van der Waals surface area contributed by atoms with Gasteiger partial charge >= 0.3 is 0 Å². The van der Waals surface area contributed by atoms with Crippen LogP contribution in [0.3, 0.4) is 0 Å². The van der Waals surface area contributed by atoms with E-state index in [1.54, 1.807) is 24.3 Å². The Bertz CT molecular complexity index is 723. The fraction of sp³-hybridized carbons (Fsp3) is 0.500. The molecule has 1 N–H and O–H groups in total. The number of nitrogens with zero attached hydrogens (tertiary/aromatic N) is 2. The van der Waals surface area contributed by atoms with Gasteiger partial charge in [0.2, 0.25) is 5.91 Å². The van der Waals surface area contributed by atoms with E-state index in [1.165, 1.54) is 31.0 Å². The van der Waals surface area contributed by atoms with E-state index in [4.69, 9.17) is 20.8 Å². The molecule has 1 aliphatic carbocycles. The summed E-state index contributed by atoms with van der Waals surface area (Å²) >= 11 is 7.07. The van der Waals surface area contributed by atoms with Crippen LogP contribution in [-0.2, 0) is 11.4 Å². The van der Waals surface area contributed by atoms with Gasteiger partial charge in [0.25, 0.3) is 11.1 Å². The summed E-state index contributed by atoms with van der Waals surface area (Å²) in [7, 11) is 0. The fourth-order valence-electron chi connectivity index (χ4n) is 2.94. The smallest absolute Gasteiger partial charge is 0.277 e. The van der Waals surface area contributed by atoms with E-state index in [9.17, 15) is 4.79 Å². The summed E-state index contributed by atoms with van der Waals surface area (Å²) < 4.78 is 11.1. The maximum atomic E-state index is 12.1. The summed E-state index contributed by atoms with van der Waals surface area (Å²) in [5, 5.41) is 12.0. The maximum Gasteiger partial charge on any atom is 0.277 e. The second kappa shape index (κ2) is 9.28. The largest absolute Gasteiger partial charge is 0.484 e. The first-order valence-corrected chi connectivity index (χ1v) is 10.1. The van der Waals surface area contributed by atoms with E-state index in [1.807, 2.05) is 0 Å². The average molecular weight is 396 g/mol. The molecule has 1 aromatic heterocycles. The molecule has 1 fully saturated rings. The number of hydrogen-bond acceptors (Lipinski definition) is 6. The van der Waals surface area contributed by atoms with Crippen molar-refractivity contribution in [2.24, 2.45) is 5.92 Å². The average Bonchev–Trinajstić information content (AvgIpc) is 3.09. The van der Waals surface area contributed by atoms with Gasteiger partial charge in [-0.3, -0.25) is 4.79 Å². The first kappa shape index (κ1) is 19.0. The number of rotatable bonds is 7. The Labute approximate surface area is 162 Å². The molecule has 0 saturated heterocycles. The number of hydrogen-bond donors (Lipinski definition) is 1. The minimum absolute atomic E-state index is 0.00548. The van der Waals surface area contributed by atoms with E-state index in [2.05, 4.69) is 22.4 Å². The Balaban J connectivity index is 1.41. The van der Waals surface area contributed by atoms with Crippen LogP contribution in [0.2, 0.25) is 5.02 Å². The highest BCUT2D eigenvalue weighted by molar-refractivity contribution is 7.99. The molecule has 0 bridgehead atoms. The molecule has 1 aromatic carbocycles. The van der Waals surface area contributed by atoms with Gasteiger partial charge in [-0.15, -0.1) is 10.2 Å². The summed E-state index contributed by atoms with van der Waals surface area (Å²) in [5.41, 5.74) is 0. The van der Waals surface area contributed by atoms with Gasteiger partial charge in [0.05, 0.1) is 5.75 Å². The van der Waals surface area contributed by atoms with Crippen molar-refractivity contribution < 1.29 is 13.9 Å². The maximum absolute atomic E-state index is 12.1. The van der Waals surface area contributed by atoms with E-state index < -0.39 is 0 Å². The minimum atomic E-state index is 0.00548. The molecule has 2 atom stereocenters. The summed E-state index contributed by atoms with van der Waals surface area (Å²) in [4.78, 5) is 12.1. The second-order valence-corrected chi connectivity index (χ2v) is 7.79. The highest BCUT2D eigenvalue weighted by Gasteiger charge is 2.23. The van der Waals surface area contributed by atoms with Crippen LogP contribution in [0.15, 0.2) is 33.9 Å². The van der Waals surface area contributed by atoms with E-state index in [0.29, 0.717) is 27.8 Å². The number of carbonyl (C=O) groups is 1. The lowest BCUT2D eigenvalue weighted by atomic mass is 9.86. The zero-order valence-electron chi connectivity index (χ0n) is 14.6. The highest BCUT2D eigenvalue weighted by Crippen LogP contribution is 2.24.